The fourth-order valence-electron chi connectivity index (χ4n) is 4.85. The standard InChI is InChI=1S/C30H24Cl2N8O2/c1-38-25-9-7-20(11-21(25)16-35-38)15-33-30(42)27(12-19-5-3-2-4-6-19)39-18-34-24(14-29(39)41)23-13-22(31)8-10-26(23)40-17-28(32)36-37-40/h2-11,13-14,16-18,27H,12,15H2,1H3,(H,33,42). The Morgan fingerprint density at radius 1 is 1.00 bits per heavy atom. The van der Waals surface area contributed by atoms with Gasteiger partial charge in [0.25, 0.3) is 5.56 Å². The molecule has 0 aliphatic carbocycles. The summed E-state index contributed by atoms with van der Waals surface area (Å²) in [4.78, 5) is 31.7. The molecule has 10 nitrogen and oxygen atoms in total. The highest BCUT2D eigenvalue weighted by Crippen LogP contribution is 2.28. The Balaban J connectivity index is 1.31. The quantitative estimate of drug-likeness (QED) is 0.270. The van der Waals surface area contributed by atoms with Gasteiger partial charge in [-0.3, -0.25) is 18.8 Å². The number of benzene rings is 3. The summed E-state index contributed by atoms with van der Waals surface area (Å²) < 4.78 is 4.63. The molecule has 3 aromatic carbocycles. The second-order valence-corrected chi connectivity index (χ2v) is 10.6. The maximum absolute atomic E-state index is 13.6. The van der Waals surface area contributed by atoms with Gasteiger partial charge in [0.2, 0.25) is 5.91 Å². The molecule has 1 atom stereocenters. The molecule has 0 aliphatic rings. The monoisotopic (exact) mass is 598 g/mol. The van der Waals surface area contributed by atoms with Crippen LogP contribution in [-0.4, -0.2) is 40.2 Å². The summed E-state index contributed by atoms with van der Waals surface area (Å²) in [7, 11) is 1.88. The van der Waals surface area contributed by atoms with E-state index in [9.17, 15) is 9.59 Å². The highest BCUT2D eigenvalue weighted by atomic mass is 35.5. The Bertz CT molecular complexity index is 1970. The van der Waals surface area contributed by atoms with E-state index in [0.29, 0.717) is 34.9 Å². The van der Waals surface area contributed by atoms with E-state index in [1.165, 1.54) is 21.6 Å². The zero-order valence-electron chi connectivity index (χ0n) is 22.4. The summed E-state index contributed by atoms with van der Waals surface area (Å²) in [5.74, 6) is -0.303. The summed E-state index contributed by atoms with van der Waals surface area (Å²) in [6.07, 6.45) is 5.02. The van der Waals surface area contributed by atoms with E-state index >= 15 is 0 Å². The summed E-state index contributed by atoms with van der Waals surface area (Å²) in [6.45, 7) is 0.293. The third-order valence-corrected chi connectivity index (χ3v) is 7.38. The average molecular weight is 599 g/mol. The van der Waals surface area contributed by atoms with Gasteiger partial charge in [-0.2, -0.15) is 5.10 Å². The van der Waals surface area contributed by atoms with Crippen LogP contribution >= 0.6 is 23.2 Å². The number of carbonyl (C=O) groups excluding carboxylic acids is 1. The molecule has 1 amide bonds. The lowest BCUT2D eigenvalue weighted by Gasteiger charge is -2.20. The first-order valence-electron chi connectivity index (χ1n) is 13.0. The number of rotatable bonds is 8. The highest BCUT2D eigenvalue weighted by Gasteiger charge is 2.23. The number of amides is 1. The van der Waals surface area contributed by atoms with Crippen LogP contribution in [0.4, 0.5) is 0 Å². The van der Waals surface area contributed by atoms with E-state index in [2.05, 4.69) is 25.7 Å². The van der Waals surface area contributed by atoms with Gasteiger partial charge >= 0.3 is 0 Å². The molecule has 1 unspecified atom stereocenters. The van der Waals surface area contributed by atoms with Crippen molar-refractivity contribution in [3.63, 3.8) is 0 Å². The number of carbonyl (C=O) groups is 1. The fraction of sp³-hybridized carbons (Fsp3) is 0.133. The number of aryl methyl sites for hydroxylation is 1. The molecular formula is C30H24Cl2N8O2. The molecule has 42 heavy (non-hydrogen) atoms. The molecular weight excluding hydrogens is 575 g/mol. The number of aromatic nitrogens is 7. The van der Waals surface area contributed by atoms with Gasteiger partial charge in [-0.1, -0.05) is 64.8 Å². The van der Waals surface area contributed by atoms with Gasteiger partial charge < -0.3 is 5.32 Å². The van der Waals surface area contributed by atoms with Gasteiger partial charge in [-0.15, -0.1) is 5.10 Å². The molecule has 3 aromatic heterocycles. The van der Waals surface area contributed by atoms with Gasteiger partial charge in [0.15, 0.2) is 5.15 Å². The Morgan fingerprint density at radius 3 is 2.60 bits per heavy atom. The first-order valence-corrected chi connectivity index (χ1v) is 13.8. The number of hydrogen-bond acceptors (Lipinski definition) is 6. The van der Waals surface area contributed by atoms with Crippen molar-refractivity contribution in [2.45, 2.75) is 19.0 Å². The van der Waals surface area contributed by atoms with E-state index in [-0.39, 0.29) is 11.1 Å². The highest BCUT2D eigenvalue weighted by molar-refractivity contribution is 6.31. The van der Waals surface area contributed by atoms with E-state index in [1.54, 1.807) is 35.3 Å². The molecule has 0 spiro atoms. The Hall–Kier alpha value is -4.80. The molecule has 0 aliphatic heterocycles. The lowest BCUT2D eigenvalue weighted by molar-refractivity contribution is -0.124. The zero-order chi connectivity index (χ0) is 29.2. The fourth-order valence-corrected chi connectivity index (χ4v) is 5.15. The van der Waals surface area contributed by atoms with Gasteiger partial charge in [0.1, 0.15) is 6.04 Å². The zero-order valence-corrected chi connectivity index (χ0v) is 23.9. The second-order valence-electron chi connectivity index (χ2n) is 9.75. The molecule has 12 heteroatoms. The van der Waals surface area contributed by atoms with Crippen molar-refractivity contribution in [1.29, 1.82) is 0 Å². The minimum Gasteiger partial charge on any atom is -0.350 e. The third-order valence-electron chi connectivity index (χ3n) is 6.97. The summed E-state index contributed by atoms with van der Waals surface area (Å²) in [6, 6.07) is 21.1. The lowest BCUT2D eigenvalue weighted by atomic mass is 10.0. The first-order chi connectivity index (χ1) is 20.4. The number of nitrogens with one attached hydrogen (secondary N) is 1. The van der Waals surface area contributed by atoms with Crippen LogP contribution in [-0.2, 0) is 24.8 Å². The van der Waals surface area contributed by atoms with E-state index < -0.39 is 11.6 Å². The number of fused-ring (bicyclic) bond motifs is 1. The summed E-state index contributed by atoms with van der Waals surface area (Å²) in [5.41, 5.74) is 3.95. The second kappa shape index (κ2) is 11.6. The molecule has 0 bridgehead atoms. The molecule has 0 fully saturated rings. The van der Waals surface area contributed by atoms with Crippen molar-refractivity contribution >= 4 is 40.0 Å². The van der Waals surface area contributed by atoms with Crippen LogP contribution in [0, 0.1) is 0 Å². The Morgan fingerprint density at radius 2 is 1.83 bits per heavy atom. The molecule has 0 radical (unpaired) electrons. The van der Waals surface area contributed by atoms with Crippen LogP contribution < -0.4 is 10.9 Å². The van der Waals surface area contributed by atoms with Gasteiger partial charge in [-0.05, 0) is 41.5 Å². The smallest absolute Gasteiger partial charge is 0.254 e. The molecule has 1 N–H and O–H groups in total. The topological polar surface area (TPSA) is 113 Å². The SMILES string of the molecule is Cn1ncc2cc(CNC(=O)C(Cc3ccccc3)n3cnc(-c4cc(Cl)ccc4-n4cc(Cl)nn4)cc3=O)ccc21. The van der Waals surface area contributed by atoms with Crippen LogP contribution in [0.15, 0.2) is 96.3 Å². The van der Waals surface area contributed by atoms with E-state index in [4.69, 9.17) is 23.2 Å². The maximum Gasteiger partial charge on any atom is 0.254 e. The Kier molecular flexibility index (Phi) is 7.56. The van der Waals surface area contributed by atoms with Crippen molar-refractivity contribution < 1.29 is 4.79 Å². The maximum atomic E-state index is 13.6. The van der Waals surface area contributed by atoms with Crippen molar-refractivity contribution in [2.75, 3.05) is 0 Å². The first kappa shape index (κ1) is 27.4. The third kappa shape index (κ3) is 5.67. The molecule has 3 heterocycles. The minimum atomic E-state index is -0.837. The summed E-state index contributed by atoms with van der Waals surface area (Å²) in [5, 5.41) is 16.8. The number of hydrogen-bond donors (Lipinski definition) is 1. The van der Waals surface area contributed by atoms with Crippen LogP contribution in [0.1, 0.15) is 17.2 Å². The molecule has 0 saturated carbocycles. The van der Waals surface area contributed by atoms with Crippen LogP contribution in [0.5, 0.6) is 0 Å². The van der Waals surface area contributed by atoms with E-state index in [0.717, 1.165) is 22.0 Å². The van der Waals surface area contributed by atoms with Crippen LogP contribution in [0.2, 0.25) is 10.2 Å². The normalized spacial score (nSPS) is 12.0. The van der Waals surface area contributed by atoms with Crippen LogP contribution in [0.3, 0.4) is 0 Å². The van der Waals surface area contributed by atoms with Crippen molar-refractivity contribution in [3.8, 4) is 16.9 Å². The van der Waals surface area contributed by atoms with Gasteiger partial charge in [-0.25, -0.2) is 9.67 Å². The van der Waals surface area contributed by atoms with Crippen molar-refractivity contribution in [1.82, 2.24) is 39.6 Å². The van der Waals surface area contributed by atoms with Crippen molar-refractivity contribution in [3.05, 3.63) is 123 Å². The molecule has 210 valence electrons. The molecule has 6 rings (SSSR count). The minimum absolute atomic E-state index is 0.217. The molecule has 0 saturated heterocycles. The number of nitrogens with zero attached hydrogens (tertiary/aromatic N) is 7. The predicted molar refractivity (Wildman–Crippen MR) is 161 cm³/mol. The largest absolute Gasteiger partial charge is 0.350 e. The summed E-state index contributed by atoms with van der Waals surface area (Å²) >= 11 is 12.3. The number of halogens is 2. The van der Waals surface area contributed by atoms with Gasteiger partial charge in [0, 0.05) is 42.1 Å². The van der Waals surface area contributed by atoms with Crippen molar-refractivity contribution in [2.24, 2.45) is 7.05 Å². The Labute approximate surface area is 250 Å². The molecule has 6 aromatic rings. The van der Waals surface area contributed by atoms with Gasteiger partial charge in [0.05, 0.1) is 35.6 Å². The van der Waals surface area contributed by atoms with Crippen LogP contribution in [0.25, 0.3) is 27.8 Å². The van der Waals surface area contributed by atoms with E-state index in [1.807, 2.05) is 55.6 Å². The predicted octanol–water partition coefficient (Wildman–Crippen LogP) is 4.78. The average Bonchev–Trinajstić information content (AvgIpc) is 3.60. The lowest BCUT2D eigenvalue weighted by Crippen LogP contribution is -2.38.